The standard InChI is InChI=1S/2C8H11.C2H6Si.Zr/c2*1-6-4-7(2)8(3)5-6;1-3-2;/h4,8H,1-3H3;4,6H,1-3H3;1-2H3;/q2*-1;;+2. The summed E-state index contributed by atoms with van der Waals surface area (Å²) in [5, 5.41) is 0. The Balaban J connectivity index is 0.000000289. The van der Waals surface area contributed by atoms with Gasteiger partial charge in [-0.1, -0.05) is 46.5 Å². The van der Waals surface area contributed by atoms with E-state index in [0.717, 1.165) is 0 Å². The summed E-state index contributed by atoms with van der Waals surface area (Å²) in [5.41, 5.74) is 5.63. The number of hydrogen-bond donors (Lipinski definition) is 0. The molecular formula is C18H28SiZr. The van der Waals surface area contributed by atoms with Crippen LogP contribution in [0.3, 0.4) is 0 Å². The second-order valence-electron chi connectivity index (χ2n) is 5.85. The van der Waals surface area contributed by atoms with Gasteiger partial charge in [-0.2, -0.15) is 11.6 Å². The topological polar surface area (TPSA) is 0 Å². The first kappa shape index (κ1) is 20.1. The van der Waals surface area contributed by atoms with Gasteiger partial charge in [-0.05, 0) is 0 Å². The monoisotopic (exact) mass is 362 g/mol. The van der Waals surface area contributed by atoms with E-state index in [0.29, 0.717) is 11.8 Å². The van der Waals surface area contributed by atoms with Crippen molar-refractivity contribution in [3.63, 3.8) is 0 Å². The number of rotatable bonds is 0. The Morgan fingerprint density at radius 1 is 1.05 bits per heavy atom. The van der Waals surface area contributed by atoms with Crippen LogP contribution in [-0.4, -0.2) is 5.43 Å². The van der Waals surface area contributed by atoms with Crippen molar-refractivity contribution in [2.45, 2.75) is 54.6 Å². The molecule has 0 nitrogen and oxygen atoms in total. The molecule has 0 saturated heterocycles. The molecule has 2 aliphatic rings. The predicted octanol–water partition coefficient (Wildman–Crippen LogP) is 5.45. The van der Waals surface area contributed by atoms with E-state index >= 15 is 0 Å². The quantitative estimate of drug-likeness (QED) is 0.396. The minimum absolute atomic E-state index is 0.210. The van der Waals surface area contributed by atoms with E-state index in [4.69, 9.17) is 0 Å². The average molecular weight is 364 g/mol. The molecule has 0 N–H and O–H groups in total. The van der Waals surface area contributed by atoms with Gasteiger partial charge in [0.1, 0.15) is 0 Å². The molecule has 0 saturated carbocycles. The van der Waals surface area contributed by atoms with Gasteiger partial charge in [0.05, 0.1) is 0 Å². The van der Waals surface area contributed by atoms with Crippen molar-refractivity contribution in [2.24, 2.45) is 11.8 Å². The summed E-state index contributed by atoms with van der Waals surface area (Å²) in [5.74, 6) is 1.12. The molecule has 2 aliphatic carbocycles. The zero-order valence-corrected chi connectivity index (χ0v) is 17.8. The third-order valence-electron chi connectivity index (χ3n) is 3.11. The number of allylic oxidation sites excluding steroid dienone is 8. The summed E-state index contributed by atoms with van der Waals surface area (Å²) >= 11 is 1.74. The average Bonchev–Trinajstić information content (AvgIpc) is 2.70. The van der Waals surface area contributed by atoms with Crippen molar-refractivity contribution in [3.8, 4) is 0 Å². The first-order chi connectivity index (χ1) is 9.13. The van der Waals surface area contributed by atoms with Crippen molar-refractivity contribution < 1.29 is 23.3 Å². The van der Waals surface area contributed by atoms with E-state index in [1.54, 1.807) is 23.3 Å². The zero-order chi connectivity index (χ0) is 15.9. The Morgan fingerprint density at radius 2 is 1.55 bits per heavy atom. The van der Waals surface area contributed by atoms with Crippen LogP contribution >= 0.6 is 0 Å². The van der Waals surface area contributed by atoms with Crippen molar-refractivity contribution in [2.75, 3.05) is 0 Å². The minimum atomic E-state index is 0.210. The summed E-state index contributed by atoms with van der Waals surface area (Å²) in [6, 6.07) is 0. The van der Waals surface area contributed by atoms with Gasteiger partial charge in [0.15, 0.2) is 0 Å². The van der Waals surface area contributed by atoms with E-state index in [1.807, 2.05) is 0 Å². The molecular weight excluding hydrogens is 336 g/mol. The Morgan fingerprint density at radius 3 is 1.65 bits per heavy atom. The van der Waals surface area contributed by atoms with Crippen LogP contribution in [0.4, 0.5) is 0 Å². The van der Waals surface area contributed by atoms with Crippen LogP contribution in [0.15, 0.2) is 34.4 Å². The van der Waals surface area contributed by atoms with E-state index in [-0.39, 0.29) is 5.43 Å². The summed E-state index contributed by atoms with van der Waals surface area (Å²) in [4.78, 5) is 0. The van der Waals surface area contributed by atoms with Gasteiger partial charge in [-0.15, -0.1) is 6.92 Å². The van der Waals surface area contributed by atoms with Gasteiger partial charge in [0.2, 0.25) is 0 Å². The Bertz CT molecular complexity index is 442. The molecule has 108 valence electrons. The van der Waals surface area contributed by atoms with Crippen molar-refractivity contribution in [1.29, 1.82) is 0 Å². The van der Waals surface area contributed by atoms with Gasteiger partial charge >= 0.3 is 41.9 Å². The molecule has 2 heteroatoms. The SMILES string of the molecule is CC1=[C-]C(C)C(C)=C1.CC1=[C-]C(C)C=C1C.C[Si](C)=[Zr+2]. The first-order valence-electron chi connectivity index (χ1n) is 7.22. The molecule has 0 aromatic rings. The molecule has 0 fully saturated rings. The Hall–Kier alpha value is 0.0600. The second kappa shape index (κ2) is 9.90. The molecule has 2 unspecified atom stereocenters. The molecule has 0 aromatic heterocycles. The maximum absolute atomic E-state index is 3.29. The Kier molecular flexibility index (Phi) is 9.93. The van der Waals surface area contributed by atoms with Crippen molar-refractivity contribution in [1.82, 2.24) is 0 Å². The summed E-state index contributed by atoms with van der Waals surface area (Å²) in [6.07, 6.45) is 11.0. The van der Waals surface area contributed by atoms with Crippen LogP contribution in [0, 0.1) is 24.0 Å². The second-order valence-corrected chi connectivity index (χ2v) is 15.2. The molecule has 0 radical (unpaired) electrons. The van der Waals surface area contributed by atoms with Crippen LogP contribution in [0.25, 0.3) is 0 Å². The van der Waals surface area contributed by atoms with Crippen LogP contribution in [0.5, 0.6) is 0 Å². The molecule has 0 amide bonds. The van der Waals surface area contributed by atoms with Gasteiger partial charge in [-0.25, -0.2) is 22.8 Å². The summed E-state index contributed by atoms with van der Waals surface area (Å²) < 4.78 is 0. The third-order valence-corrected chi connectivity index (χ3v) is 3.11. The van der Waals surface area contributed by atoms with Gasteiger partial charge in [-0.3, -0.25) is 12.2 Å². The normalized spacial score (nSPS) is 23.5. The molecule has 0 aromatic carbocycles. The summed E-state index contributed by atoms with van der Waals surface area (Å²) in [6.45, 7) is 17.4. The van der Waals surface area contributed by atoms with E-state index in [2.05, 4.69) is 78.9 Å². The fourth-order valence-electron chi connectivity index (χ4n) is 1.96. The third kappa shape index (κ3) is 9.08. The van der Waals surface area contributed by atoms with Crippen LogP contribution in [0.1, 0.15) is 41.5 Å². The molecule has 0 spiro atoms. The van der Waals surface area contributed by atoms with Gasteiger partial charge < -0.3 is 0 Å². The van der Waals surface area contributed by atoms with Crippen molar-refractivity contribution in [3.05, 3.63) is 46.6 Å². The molecule has 2 atom stereocenters. The van der Waals surface area contributed by atoms with E-state index in [1.165, 1.54) is 22.3 Å². The Labute approximate surface area is 141 Å². The number of hydrogen-bond acceptors (Lipinski definition) is 0. The van der Waals surface area contributed by atoms with Crippen LogP contribution < -0.4 is 0 Å². The van der Waals surface area contributed by atoms with E-state index in [9.17, 15) is 0 Å². The molecule has 0 aliphatic heterocycles. The fraction of sp³-hybridized carbons (Fsp3) is 0.556. The van der Waals surface area contributed by atoms with Gasteiger partial charge in [0.25, 0.3) is 0 Å². The van der Waals surface area contributed by atoms with Gasteiger partial charge in [0, 0.05) is 0 Å². The maximum atomic E-state index is 3.29. The van der Waals surface area contributed by atoms with Crippen LogP contribution in [0.2, 0.25) is 13.1 Å². The summed E-state index contributed by atoms with van der Waals surface area (Å²) in [7, 11) is 0. The fourth-order valence-corrected chi connectivity index (χ4v) is 1.96. The van der Waals surface area contributed by atoms with Crippen LogP contribution in [-0.2, 0) is 23.3 Å². The zero-order valence-electron chi connectivity index (χ0n) is 14.3. The predicted molar refractivity (Wildman–Crippen MR) is 88.2 cm³/mol. The molecule has 0 bridgehead atoms. The molecule has 0 heterocycles. The van der Waals surface area contributed by atoms with E-state index < -0.39 is 0 Å². The van der Waals surface area contributed by atoms with Crippen molar-refractivity contribution >= 4 is 5.43 Å². The molecule has 2 rings (SSSR count). The first-order valence-corrected chi connectivity index (χ1v) is 13.4. The molecule has 20 heavy (non-hydrogen) atoms.